The molecule has 1 rings (SSSR count). The summed E-state index contributed by atoms with van der Waals surface area (Å²) in [7, 11) is 0. The largest absolute Gasteiger partial charge is 0.396 e. The third kappa shape index (κ3) is 3.85. The number of aliphatic hydroxyl groups is 1. The normalized spacial score (nSPS) is 11.3. The topological polar surface area (TPSA) is 75.4 Å². The van der Waals surface area contributed by atoms with Crippen molar-refractivity contribution in [3.05, 3.63) is 33.3 Å². The van der Waals surface area contributed by atoms with E-state index in [9.17, 15) is 10.1 Å². The van der Waals surface area contributed by atoms with E-state index in [0.29, 0.717) is 23.7 Å². The molecule has 0 aliphatic heterocycles. The summed E-state index contributed by atoms with van der Waals surface area (Å²) in [6, 6.07) is 4.56. The molecule has 0 saturated carbocycles. The number of anilines is 1. The molecule has 6 heteroatoms. The van der Waals surface area contributed by atoms with Gasteiger partial charge in [-0.1, -0.05) is 31.5 Å². The van der Waals surface area contributed by atoms with Crippen LogP contribution in [-0.4, -0.2) is 23.2 Å². The highest BCUT2D eigenvalue weighted by molar-refractivity contribution is 6.33. The summed E-state index contributed by atoms with van der Waals surface area (Å²) in [4.78, 5) is 10.4. The highest BCUT2D eigenvalue weighted by Gasteiger charge is 2.21. The molecule has 0 aliphatic rings. The van der Waals surface area contributed by atoms with Crippen LogP contribution in [0.1, 0.15) is 20.3 Å². The van der Waals surface area contributed by atoms with Gasteiger partial charge in [-0.25, -0.2) is 0 Å². The minimum absolute atomic E-state index is 0.0395. The Hall–Kier alpha value is -1.33. The summed E-state index contributed by atoms with van der Waals surface area (Å²) in [5, 5.41) is 23.2. The minimum atomic E-state index is -0.465. The zero-order valence-corrected chi connectivity index (χ0v) is 11.2. The Bertz CT molecular complexity index is 435. The van der Waals surface area contributed by atoms with Crippen LogP contribution in [0.2, 0.25) is 5.02 Å². The molecule has 2 N–H and O–H groups in total. The maximum atomic E-state index is 10.9. The minimum Gasteiger partial charge on any atom is -0.396 e. The number of nitrogens with zero attached hydrogens (tertiary/aromatic N) is 1. The third-order valence-corrected chi connectivity index (χ3v) is 3.04. The standard InChI is InChI=1S/C12H17ClN2O3/c1-12(2,6-7-16)8-14-11-9(13)4-3-5-10(11)15(17)18/h3-5,14,16H,6-8H2,1-2H3. The zero-order chi connectivity index (χ0) is 13.8. The lowest BCUT2D eigenvalue weighted by molar-refractivity contribution is -0.383. The molecular weight excluding hydrogens is 256 g/mol. The van der Waals surface area contributed by atoms with Crippen molar-refractivity contribution in [3.63, 3.8) is 0 Å². The van der Waals surface area contributed by atoms with Gasteiger partial charge in [0.15, 0.2) is 0 Å². The van der Waals surface area contributed by atoms with Gasteiger partial charge >= 0.3 is 0 Å². The van der Waals surface area contributed by atoms with Gasteiger partial charge in [-0.3, -0.25) is 10.1 Å². The number of nitro groups is 1. The lowest BCUT2D eigenvalue weighted by Crippen LogP contribution is -2.24. The summed E-state index contributed by atoms with van der Waals surface area (Å²) in [6.07, 6.45) is 0.609. The second kappa shape index (κ2) is 6.02. The summed E-state index contributed by atoms with van der Waals surface area (Å²) in [5.41, 5.74) is 0.124. The first-order valence-electron chi connectivity index (χ1n) is 5.65. The number of rotatable bonds is 6. The maximum absolute atomic E-state index is 10.9. The van der Waals surface area contributed by atoms with E-state index >= 15 is 0 Å². The third-order valence-electron chi connectivity index (χ3n) is 2.72. The van der Waals surface area contributed by atoms with Crippen LogP contribution in [0, 0.1) is 15.5 Å². The molecule has 0 atom stereocenters. The monoisotopic (exact) mass is 272 g/mol. The molecule has 0 fully saturated rings. The van der Waals surface area contributed by atoms with Crippen molar-refractivity contribution < 1.29 is 10.0 Å². The first-order valence-corrected chi connectivity index (χ1v) is 6.03. The number of benzene rings is 1. The smallest absolute Gasteiger partial charge is 0.293 e. The second-order valence-corrected chi connectivity index (χ2v) is 5.29. The van der Waals surface area contributed by atoms with Crippen molar-refractivity contribution in [2.45, 2.75) is 20.3 Å². The molecule has 0 unspecified atom stereocenters. The molecule has 0 aromatic heterocycles. The maximum Gasteiger partial charge on any atom is 0.293 e. The van der Waals surface area contributed by atoms with Gasteiger partial charge in [0.05, 0.1) is 9.95 Å². The molecule has 0 bridgehead atoms. The first-order chi connectivity index (χ1) is 8.37. The average molecular weight is 273 g/mol. The summed E-state index contributed by atoms with van der Waals surface area (Å²) < 4.78 is 0. The quantitative estimate of drug-likeness (QED) is 0.616. The van der Waals surface area contributed by atoms with Crippen molar-refractivity contribution in [2.75, 3.05) is 18.5 Å². The number of hydrogen-bond acceptors (Lipinski definition) is 4. The Balaban J connectivity index is 2.87. The molecular formula is C12H17ClN2O3. The molecule has 0 amide bonds. The fourth-order valence-corrected chi connectivity index (χ4v) is 1.79. The highest BCUT2D eigenvalue weighted by Crippen LogP contribution is 2.33. The molecule has 100 valence electrons. The van der Waals surface area contributed by atoms with E-state index in [4.69, 9.17) is 16.7 Å². The van der Waals surface area contributed by atoms with Gasteiger partial charge < -0.3 is 10.4 Å². The Morgan fingerprint density at radius 2 is 2.17 bits per heavy atom. The van der Waals surface area contributed by atoms with Crippen LogP contribution < -0.4 is 5.32 Å². The van der Waals surface area contributed by atoms with E-state index < -0.39 is 4.92 Å². The van der Waals surface area contributed by atoms with Crippen LogP contribution in [0.5, 0.6) is 0 Å². The number of para-hydroxylation sites is 1. The molecule has 1 aromatic rings. The molecule has 0 heterocycles. The predicted octanol–water partition coefficient (Wildman–Crippen LogP) is 3.07. The van der Waals surface area contributed by atoms with Gasteiger partial charge in [0.1, 0.15) is 5.69 Å². The van der Waals surface area contributed by atoms with Crippen LogP contribution in [0.3, 0.4) is 0 Å². The molecule has 0 radical (unpaired) electrons. The highest BCUT2D eigenvalue weighted by atomic mass is 35.5. The number of nitrogens with one attached hydrogen (secondary N) is 1. The van der Waals surface area contributed by atoms with E-state index in [1.807, 2.05) is 13.8 Å². The Morgan fingerprint density at radius 3 is 2.72 bits per heavy atom. The van der Waals surface area contributed by atoms with Gasteiger partial charge in [0, 0.05) is 19.2 Å². The van der Waals surface area contributed by atoms with Crippen molar-refractivity contribution in [2.24, 2.45) is 5.41 Å². The van der Waals surface area contributed by atoms with Crippen LogP contribution in [0.4, 0.5) is 11.4 Å². The Kier molecular flexibility index (Phi) is 4.93. The van der Waals surface area contributed by atoms with Gasteiger partial charge in [-0.2, -0.15) is 0 Å². The molecule has 0 aliphatic carbocycles. The molecule has 1 aromatic carbocycles. The van der Waals surface area contributed by atoms with Gasteiger partial charge in [-0.05, 0) is 17.9 Å². The SMILES string of the molecule is CC(C)(CCO)CNc1c(Cl)cccc1[N+](=O)[O-]. The first kappa shape index (κ1) is 14.7. The van der Waals surface area contributed by atoms with Crippen LogP contribution in [0.25, 0.3) is 0 Å². The van der Waals surface area contributed by atoms with Crippen LogP contribution >= 0.6 is 11.6 Å². The number of halogens is 1. The molecule has 18 heavy (non-hydrogen) atoms. The molecule has 5 nitrogen and oxygen atoms in total. The Labute approximate surface area is 111 Å². The fraction of sp³-hybridized carbons (Fsp3) is 0.500. The number of hydrogen-bond donors (Lipinski definition) is 2. The molecule has 0 saturated heterocycles. The van der Waals surface area contributed by atoms with Gasteiger partial charge in [-0.15, -0.1) is 0 Å². The van der Waals surface area contributed by atoms with E-state index in [2.05, 4.69) is 5.32 Å². The van der Waals surface area contributed by atoms with Gasteiger partial charge in [0.2, 0.25) is 0 Å². The van der Waals surface area contributed by atoms with E-state index in [1.54, 1.807) is 12.1 Å². The fourth-order valence-electron chi connectivity index (χ4n) is 1.56. The van der Waals surface area contributed by atoms with E-state index in [1.165, 1.54) is 6.07 Å². The van der Waals surface area contributed by atoms with Crippen molar-refractivity contribution >= 4 is 23.0 Å². The van der Waals surface area contributed by atoms with Gasteiger partial charge in [0.25, 0.3) is 5.69 Å². The van der Waals surface area contributed by atoms with E-state index in [0.717, 1.165) is 0 Å². The van der Waals surface area contributed by atoms with E-state index in [-0.39, 0.29) is 17.7 Å². The Morgan fingerprint density at radius 1 is 1.50 bits per heavy atom. The van der Waals surface area contributed by atoms with Crippen LogP contribution in [-0.2, 0) is 0 Å². The summed E-state index contributed by atoms with van der Waals surface area (Å²) in [6.45, 7) is 4.52. The number of aliphatic hydroxyl groups excluding tert-OH is 1. The van der Waals surface area contributed by atoms with Crippen molar-refractivity contribution in [1.82, 2.24) is 0 Å². The zero-order valence-electron chi connectivity index (χ0n) is 10.4. The lowest BCUT2D eigenvalue weighted by Gasteiger charge is -2.24. The number of nitro benzene ring substituents is 1. The molecule has 0 spiro atoms. The van der Waals surface area contributed by atoms with Crippen molar-refractivity contribution in [1.29, 1.82) is 0 Å². The van der Waals surface area contributed by atoms with Crippen LogP contribution in [0.15, 0.2) is 18.2 Å². The predicted molar refractivity (Wildman–Crippen MR) is 72.1 cm³/mol. The summed E-state index contributed by atoms with van der Waals surface area (Å²) in [5.74, 6) is 0. The van der Waals surface area contributed by atoms with Crippen molar-refractivity contribution in [3.8, 4) is 0 Å². The lowest BCUT2D eigenvalue weighted by atomic mass is 9.89. The summed E-state index contributed by atoms with van der Waals surface area (Å²) >= 11 is 5.96. The second-order valence-electron chi connectivity index (χ2n) is 4.88. The average Bonchev–Trinajstić information content (AvgIpc) is 2.26.